The van der Waals surface area contributed by atoms with Crippen LogP contribution in [-0.2, 0) is 9.59 Å². The summed E-state index contributed by atoms with van der Waals surface area (Å²) in [5.74, 6) is 0.228. The molecule has 0 bridgehead atoms. The molecule has 30 heavy (non-hydrogen) atoms. The Labute approximate surface area is 181 Å². The van der Waals surface area contributed by atoms with Crippen LogP contribution in [0.15, 0.2) is 35.3 Å². The van der Waals surface area contributed by atoms with Gasteiger partial charge in [0.05, 0.1) is 5.70 Å². The van der Waals surface area contributed by atoms with E-state index in [1.54, 1.807) is 0 Å². The quantitative estimate of drug-likeness (QED) is 0.335. The van der Waals surface area contributed by atoms with Crippen molar-refractivity contribution in [3.05, 3.63) is 35.3 Å². The first-order valence-corrected chi connectivity index (χ1v) is 11.7. The summed E-state index contributed by atoms with van der Waals surface area (Å²) in [4.78, 5) is 25.3. The van der Waals surface area contributed by atoms with Gasteiger partial charge in [0.2, 0.25) is 11.6 Å². The summed E-state index contributed by atoms with van der Waals surface area (Å²) < 4.78 is 0. The van der Waals surface area contributed by atoms with Crippen molar-refractivity contribution in [2.24, 2.45) is 28.6 Å². The number of aliphatic hydroxyl groups is 1. The summed E-state index contributed by atoms with van der Waals surface area (Å²) in [6, 6.07) is 0. The highest BCUT2D eigenvalue weighted by Crippen LogP contribution is 2.63. The zero-order chi connectivity index (χ0) is 22.3. The van der Waals surface area contributed by atoms with Crippen molar-refractivity contribution in [1.29, 1.82) is 0 Å². The van der Waals surface area contributed by atoms with E-state index in [1.165, 1.54) is 11.6 Å². The van der Waals surface area contributed by atoms with E-state index in [4.69, 9.17) is 0 Å². The van der Waals surface area contributed by atoms with Crippen molar-refractivity contribution >= 4 is 11.6 Å². The van der Waals surface area contributed by atoms with Crippen LogP contribution in [0.2, 0.25) is 0 Å². The maximum absolute atomic E-state index is 12.8. The number of fused-ring (bicyclic) bond motifs is 1. The summed E-state index contributed by atoms with van der Waals surface area (Å²) in [5, 5.41) is 14.2. The van der Waals surface area contributed by atoms with Gasteiger partial charge in [0.1, 0.15) is 5.76 Å². The molecule has 0 aromatic heterocycles. The van der Waals surface area contributed by atoms with Crippen LogP contribution >= 0.6 is 0 Å². The topological polar surface area (TPSA) is 66.4 Å². The fourth-order valence-electron chi connectivity index (χ4n) is 6.12. The van der Waals surface area contributed by atoms with E-state index in [0.717, 1.165) is 38.5 Å². The Hall–Kier alpha value is -1.84. The molecule has 0 amide bonds. The summed E-state index contributed by atoms with van der Waals surface area (Å²) >= 11 is 0. The van der Waals surface area contributed by atoms with Crippen LogP contribution in [0.4, 0.5) is 0 Å². The van der Waals surface area contributed by atoms with Gasteiger partial charge < -0.3 is 10.4 Å². The highest BCUT2D eigenvalue weighted by atomic mass is 16.3. The molecule has 3 aliphatic rings. The zero-order valence-electron chi connectivity index (χ0n) is 19.4. The molecular formula is C26H39NO3. The van der Waals surface area contributed by atoms with Crippen LogP contribution < -0.4 is 5.32 Å². The fraction of sp³-hybridized carbons (Fsp3) is 0.692. The van der Waals surface area contributed by atoms with Crippen LogP contribution in [0.5, 0.6) is 0 Å². The smallest absolute Gasteiger partial charge is 0.232 e. The highest BCUT2D eigenvalue weighted by molar-refractivity contribution is 6.48. The molecule has 0 aromatic carbocycles. The SMILES string of the molecule is C=C1CCC[C@H]2[C@](C)(CC3=C(O)C(NCCC(C)C)=CC(=O)C3=O)[C@@H](C)CC[C@]12C. The number of hydrogen-bond donors (Lipinski definition) is 2. The third-order valence-corrected chi connectivity index (χ3v) is 8.48. The summed E-state index contributed by atoms with van der Waals surface area (Å²) in [6.45, 7) is 16.2. The molecule has 0 spiro atoms. The summed E-state index contributed by atoms with van der Waals surface area (Å²) in [5.41, 5.74) is 1.95. The molecule has 0 aliphatic heterocycles. The lowest BCUT2D eigenvalue weighted by molar-refractivity contribution is -0.132. The number of nitrogens with one attached hydrogen (secondary N) is 1. The highest BCUT2D eigenvalue weighted by Gasteiger charge is 2.54. The van der Waals surface area contributed by atoms with Crippen molar-refractivity contribution in [2.75, 3.05) is 6.54 Å². The average molecular weight is 414 g/mol. The number of carbonyl (C=O) groups excluding carboxylic acids is 2. The summed E-state index contributed by atoms with van der Waals surface area (Å²) in [7, 11) is 0. The Morgan fingerprint density at radius 1 is 1.27 bits per heavy atom. The predicted molar refractivity (Wildman–Crippen MR) is 121 cm³/mol. The van der Waals surface area contributed by atoms with Gasteiger partial charge in [-0.3, -0.25) is 9.59 Å². The average Bonchev–Trinajstić information content (AvgIpc) is 2.68. The van der Waals surface area contributed by atoms with Gasteiger partial charge in [-0.15, -0.1) is 0 Å². The standard InChI is InChI=1S/C26H39NO3/c1-16(2)11-13-27-20-14-21(28)24(30)19(23(20)29)15-26(6)18(4)10-12-25(5)17(3)8-7-9-22(25)26/h14,16,18,22,27,29H,3,7-13,15H2,1-2,4-6H3/t18-,22+,25+,26+/m0/s1. The molecular weight excluding hydrogens is 374 g/mol. The Kier molecular flexibility index (Phi) is 6.36. The van der Waals surface area contributed by atoms with Gasteiger partial charge in [-0.1, -0.05) is 46.8 Å². The van der Waals surface area contributed by atoms with Gasteiger partial charge in [-0.05, 0) is 73.5 Å². The Balaban J connectivity index is 1.93. The number of carbonyl (C=O) groups is 2. The van der Waals surface area contributed by atoms with Crippen molar-refractivity contribution < 1.29 is 14.7 Å². The lowest BCUT2D eigenvalue weighted by atomic mass is 9.46. The molecule has 4 heteroatoms. The normalized spacial score (nSPS) is 34.9. The van der Waals surface area contributed by atoms with Crippen molar-refractivity contribution in [3.63, 3.8) is 0 Å². The molecule has 4 atom stereocenters. The molecule has 0 saturated heterocycles. The van der Waals surface area contributed by atoms with E-state index < -0.39 is 11.6 Å². The number of aliphatic hydroxyl groups excluding tert-OH is 1. The fourth-order valence-corrected chi connectivity index (χ4v) is 6.12. The first-order chi connectivity index (χ1) is 14.0. The second-order valence-corrected chi connectivity index (χ2v) is 10.8. The third kappa shape index (κ3) is 3.90. The van der Waals surface area contributed by atoms with Crippen molar-refractivity contribution in [2.45, 2.75) is 79.6 Å². The maximum Gasteiger partial charge on any atom is 0.232 e. The van der Waals surface area contributed by atoms with Crippen LogP contribution in [0.1, 0.15) is 79.6 Å². The largest absolute Gasteiger partial charge is 0.505 e. The number of ketones is 2. The lowest BCUT2D eigenvalue weighted by Gasteiger charge is -2.59. The molecule has 3 aliphatic carbocycles. The third-order valence-electron chi connectivity index (χ3n) is 8.48. The molecule has 4 nitrogen and oxygen atoms in total. The van der Waals surface area contributed by atoms with Gasteiger partial charge in [0.25, 0.3) is 0 Å². The van der Waals surface area contributed by atoms with Gasteiger partial charge in [-0.25, -0.2) is 0 Å². The first-order valence-electron chi connectivity index (χ1n) is 11.7. The molecule has 2 N–H and O–H groups in total. The van der Waals surface area contributed by atoms with E-state index in [0.29, 0.717) is 42.0 Å². The number of Topliss-reactive ketones (excluding diaryl/α,β-unsaturated/α-hetero) is 1. The minimum Gasteiger partial charge on any atom is -0.505 e. The molecule has 0 unspecified atom stereocenters. The molecule has 2 fully saturated rings. The van der Waals surface area contributed by atoms with Crippen molar-refractivity contribution in [3.8, 4) is 0 Å². The van der Waals surface area contributed by atoms with Gasteiger partial charge >= 0.3 is 0 Å². The minimum absolute atomic E-state index is 0.0290. The second-order valence-electron chi connectivity index (χ2n) is 10.8. The van der Waals surface area contributed by atoms with E-state index in [1.807, 2.05) is 0 Å². The molecule has 166 valence electrons. The number of hydrogen-bond acceptors (Lipinski definition) is 4. The van der Waals surface area contributed by atoms with Crippen LogP contribution in [0.25, 0.3) is 0 Å². The van der Waals surface area contributed by atoms with Gasteiger partial charge in [0, 0.05) is 18.2 Å². The number of rotatable bonds is 6. The molecule has 0 radical (unpaired) electrons. The van der Waals surface area contributed by atoms with Crippen LogP contribution in [0, 0.1) is 28.6 Å². The van der Waals surface area contributed by atoms with Gasteiger partial charge in [0.15, 0.2) is 0 Å². The lowest BCUT2D eigenvalue weighted by Crippen LogP contribution is -2.51. The number of allylic oxidation sites excluding steroid dienone is 3. The Morgan fingerprint density at radius 3 is 2.63 bits per heavy atom. The summed E-state index contributed by atoms with van der Waals surface area (Å²) in [6.07, 6.45) is 8.17. The molecule has 0 heterocycles. The van der Waals surface area contributed by atoms with E-state index in [2.05, 4.69) is 46.5 Å². The molecule has 2 saturated carbocycles. The van der Waals surface area contributed by atoms with Crippen LogP contribution in [-0.4, -0.2) is 23.2 Å². The monoisotopic (exact) mass is 413 g/mol. The minimum atomic E-state index is -0.544. The van der Waals surface area contributed by atoms with E-state index in [9.17, 15) is 14.7 Å². The molecule has 0 aromatic rings. The maximum atomic E-state index is 12.8. The van der Waals surface area contributed by atoms with E-state index >= 15 is 0 Å². The predicted octanol–water partition coefficient (Wildman–Crippen LogP) is 5.66. The van der Waals surface area contributed by atoms with Gasteiger partial charge in [-0.2, -0.15) is 0 Å². The van der Waals surface area contributed by atoms with Crippen LogP contribution in [0.3, 0.4) is 0 Å². The second kappa shape index (κ2) is 8.36. The Bertz CT molecular complexity index is 805. The van der Waals surface area contributed by atoms with E-state index in [-0.39, 0.29) is 16.6 Å². The van der Waals surface area contributed by atoms with Crippen molar-refractivity contribution in [1.82, 2.24) is 5.32 Å². The zero-order valence-corrected chi connectivity index (χ0v) is 19.4. The Morgan fingerprint density at radius 2 is 1.97 bits per heavy atom. The first kappa shape index (κ1) is 22.8. The molecule has 3 rings (SSSR count).